The van der Waals surface area contributed by atoms with Gasteiger partial charge >= 0.3 is 5.97 Å². The Bertz CT molecular complexity index is 1250. The Morgan fingerprint density at radius 3 is 2.29 bits per heavy atom. The van der Waals surface area contributed by atoms with Crippen molar-refractivity contribution < 1.29 is 14.3 Å². The summed E-state index contributed by atoms with van der Waals surface area (Å²) in [7, 11) is 2.95. The van der Waals surface area contributed by atoms with Crippen LogP contribution in [0.5, 0.6) is 0 Å². The highest BCUT2D eigenvalue weighted by Gasteiger charge is 2.16. The third-order valence-corrected chi connectivity index (χ3v) is 5.02. The van der Waals surface area contributed by atoms with E-state index in [0.717, 1.165) is 27.7 Å². The van der Waals surface area contributed by atoms with Crippen molar-refractivity contribution in [1.82, 2.24) is 10.3 Å². The van der Waals surface area contributed by atoms with Gasteiger partial charge in [0, 0.05) is 24.3 Å². The SMILES string of the molecule is CNC(=O)c1cnc2ccc(-c3ccc(C(=O)OC)cc3)cc2c1Nc1ccccc1. The summed E-state index contributed by atoms with van der Waals surface area (Å²) in [4.78, 5) is 28.7. The van der Waals surface area contributed by atoms with Crippen molar-refractivity contribution in [2.75, 3.05) is 19.5 Å². The third-order valence-electron chi connectivity index (χ3n) is 5.02. The molecule has 154 valence electrons. The molecule has 0 aliphatic rings. The molecule has 0 aliphatic carbocycles. The second-order valence-electron chi connectivity index (χ2n) is 6.92. The van der Waals surface area contributed by atoms with Crippen LogP contribution in [0.4, 0.5) is 11.4 Å². The number of benzene rings is 3. The molecule has 0 aliphatic heterocycles. The summed E-state index contributed by atoms with van der Waals surface area (Å²) in [6.07, 6.45) is 1.58. The van der Waals surface area contributed by atoms with Gasteiger partial charge in [0.1, 0.15) is 0 Å². The standard InChI is InChI=1S/C25H21N3O3/c1-26-24(29)21-15-27-22-13-12-18(16-8-10-17(11-9-16)25(30)31-2)14-20(22)23(21)28-19-6-4-3-5-7-19/h3-15H,1-2H3,(H,26,29)(H,27,28). The first kappa shape index (κ1) is 20.1. The number of carbonyl (C=O) groups is 2. The fraction of sp³-hybridized carbons (Fsp3) is 0.0800. The summed E-state index contributed by atoms with van der Waals surface area (Å²) >= 11 is 0. The number of para-hydroxylation sites is 1. The predicted octanol–water partition coefficient (Wildman–Crippen LogP) is 4.79. The minimum absolute atomic E-state index is 0.222. The minimum Gasteiger partial charge on any atom is -0.465 e. The quantitative estimate of drug-likeness (QED) is 0.462. The number of fused-ring (bicyclic) bond motifs is 1. The van der Waals surface area contributed by atoms with E-state index in [2.05, 4.69) is 15.6 Å². The van der Waals surface area contributed by atoms with Gasteiger partial charge in [-0.05, 0) is 47.5 Å². The van der Waals surface area contributed by atoms with E-state index in [4.69, 9.17) is 4.74 Å². The third kappa shape index (κ3) is 4.09. The van der Waals surface area contributed by atoms with E-state index < -0.39 is 0 Å². The first-order chi connectivity index (χ1) is 15.1. The van der Waals surface area contributed by atoms with E-state index in [0.29, 0.717) is 16.8 Å². The predicted molar refractivity (Wildman–Crippen MR) is 122 cm³/mol. The van der Waals surface area contributed by atoms with Crippen molar-refractivity contribution in [3.8, 4) is 11.1 Å². The maximum Gasteiger partial charge on any atom is 0.337 e. The van der Waals surface area contributed by atoms with Gasteiger partial charge in [-0.25, -0.2) is 4.79 Å². The zero-order valence-electron chi connectivity index (χ0n) is 17.2. The Morgan fingerprint density at radius 1 is 0.903 bits per heavy atom. The lowest BCUT2D eigenvalue weighted by atomic mass is 10.00. The van der Waals surface area contributed by atoms with Gasteiger partial charge in [-0.2, -0.15) is 0 Å². The Morgan fingerprint density at radius 2 is 1.61 bits per heavy atom. The van der Waals surface area contributed by atoms with E-state index >= 15 is 0 Å². The molecule has 0 radical (unpaired) electrons. The van der Waals surface area contributed by atoms with Crippen LogP contribution in [0.3, 0.4) is 0 Å². The molecule has 4 rings (SSSR count). The monoisotopic (exact) mass is 411 g/mol. The van der Waals surface area contributed by atoms with Crippen molar-refractivity contribution in [2.45, 2.75) is 0 Å². The highest BCUT2D eigenvalue weighted by molar-refractivity contribution is 6.08. The van der Waals surface area contributed by atoms with Gasteiger partial charge in [0.25, 0.3) is 5.91 Å². The number of methoxy groups -OCH3 is 1. The summed E-state index contributed by atoms with van der Waals surface area (Å²) in [5.41, 5.74) is 5.14. The molecular weight excluding hydrogens is 390 g/mol. The van der Waals surface area contributed by atoms with Crippen LogP contribution in [-0.2, 0) is 4.74 Å². The van der Waals surface area contributed by atoms with Gasteiger partial charge in [-0.3, -0.25) is 9.78 Å². The van der Waals surface area contributed by atoms with Crippen molar-refractivity contribution in [3.05, 3.63) is 90.1 Å². The fourth-order valence-corrected chi connectivity index (χ4v) is 3.40. The number of hydrogen-bond acceptors (Lipinski definition) is 5. The van der Waals surface area contributed by atoms with Gasteiger partial charge in [0.05, 0.1) is 29.4 Å². The number of aromatic nitrogens is 1. The Balaban J connectivity index is 1.84. The van der Waals surface area contributed by atoms with Crippen LogP contribution in [0.25, 0.3) is 22.0 Å². The fourth-order valence-electron chi connectivity index (χ4n) is 3.40. The highest BCUT2D eigenvalue weighted by Crippen LogP contribution is 2.32. The lowest BCUT2D eigenvalue weighted by Crippen LogP contribution is -2.19. The number of nitrogens with one attached hydrogen (secondary N) is 2. The minimum atomic E-state index is -0.376. The second kappa shape index (κ2) is 8.67. The topological polar surface area (TPSA) is 80.3 Å². The van der Waals surface area contributed by atoms with E-state index in [-0.39, 0.29) is 11.9 Å². The van der Waals surface area contributed by atoms with Gasteiger partial charge < -0.3 is 15.4 Å². The largest absolute Gasteiger partial charge is 0.465 e. The average Bonchev–Trinajstić information content (AvgIpc) is 2.83. The molecule has 0 atom stereocenters. The molecule has 0 bridgehead atoms. The maximum absolute atomic E-state index is 12.5. The number of ether oxygens (including phenoxy) is 1. The van der Waals surface area contributed by atoms with Gasteiger partial charge in [0.15, 0.2) is 0 Å². The lowest BCUT2D eigenvalue weighted by Gasteiger charge is -2.15. The average molecular weight is 411 g/mol. The number of hydrogen-bond donors (Lipinski definition) is 2. The first-order valence-electron chi connectivity index (χ1n) is 9.76. The zero-order chi connectivity index (χ0) is 21.8. The molecule has 2 N–H and O–H groups in total. The van der Waals surface area contributed by atoms with Crippen LogP contribution in [0.2, 0.25) is 0 Å². The Hall–Kier alpha value is -4.19. The zero-order valence-corrected chi connectivity index (χ0v) is 17.2. The van der Waals surface area contributed by atoms with E-state index in [1.54, 1.807) is 25.4 Å². The van der Waals surface area contributed by atoms with Crippen LogP contribution in [-0.4, -0.2) is 31.0 Å². The molecule has 31 heavy (non-hydrogen) atoms. The van der Waals surface area contributed by atoms with Crippen molar-refractivity contribution in [2.24, 2.45) is 0 Å². The summed E-state index contributed by atoms with van der Waals surface area (Å²) in [6.45, 7) is 0. The second-order valence-corrected chi connectivity index (χ2v) is 6.92. The van der Waals surface area contributed by atoms with Crippen LogP contribution in [0.15, 0.2) is 79.0 Å². The van der Waals surface area contributed by atoms with Crippen LogP contribution in [0, 0.1) is 0 Å². The first-order valence-corrected chi connectivity index (χ1v) is 9.76. The molecule has 0 fully saturated rings. The smallest absolute Gasteiger partial charge is 0.337 e. The number of rotatable bonds is 5. The number of nitrogens with zero attached hydrogens (tertiary/aromatic N) is 1. The number of carbonyl (C=O) groups excluding carboxylic acids is 2. The van der Waals surface area contributed by atoms with E-state index in [1.807, 2.05) is 60.7 Å². The Kier molecular flexibility index (Phi) is 5.62. The summed E-state index contributed by atoms with van der Waals surface area (Å²) in [5.74, 6) is -0.598. The molecular formula is C25H21N3O3. The molecule has 0 saturated heterocycles. The summed E-state index contributed by atoms with van der Waals surface area (Å²) < 4.78 is 4.76. The molecule has 6 heteroatoms. The number of amides is 1. The van der Waals surface area contributed by atoms with Crippen molar-refractivity contribution in [1.29, 1.82) is 0 Å². The van der Waals surface area contributed by atoms with Crippen molar-refractivity contribution >= 4 is 34.2 Å². The van der Waals surface area contributed by atoms with Gasteiger partial charge in [-0.15, -0.1) is 0 Å². The number of esters is 1. The molecule has 1 amide bonds. The lowest BCUT2D eigenvalue weighted by molar-refractivity contribution is 0.0600. The molecule has 0 spiro atoms. The normalized spacial score (nSPS) is 10.5. The molecule has 0 unspecified atom stereocenters. The molecule has 1 aromatic heterocycles. The van der Waals surface area contributed by atoms with E-state index in [9.17, 15) is 9.59 Å². The molecule has 4 aromatic rings. The summed E-state index contributed by atoms with van der Waals surface area (Å²) in [6, 6.07) is 22.8. The highest BCUT2D eigenvalue weighted by atomic mass is 16.5. The number of pyridine rings is 1. The Labute approximate surface area is 179 Å². The molecule has 6 nitrogen and oxygen atoms in total. The molecule has 3 aromatic carbocycles. The van der Waals surface area contributed by atoms with Gasteiger partial charge in [-0.1, -0.05) is 36.4 Å². The van der Waals surface area contributed by atoms with E-state index in [1.165, 1.54) is 7.11 Å². The van der Waals surface area contributed by atoms with Gasteiger partial charge in [0.2, 0.25) is 0 Å². The maximum atomic E-state index is 12.5. The van der Waals surface area contributed by atoms with Crippen molar-refractivity contribution in [3.63, 3.8) is 0 Å². The van der Waals surface area contributed by atoms with Crippen LogP contribution < -0.4 is 10.6 Å². The summed E-state index contributed by atoms with van der Waals surface area (Å²) in [5, 5.41) is 6.88. The number of anilines is 2. The van der Waals surface area contributed by atoms with Crippen LogP contribution >= 0.6 is 0 Å². The molecule has 1 heterocycles. The van der Waals surface area contributed by atoms with Crippen LogP contribution in [0.1, 0.15) is 20.7 Å². The molecule has 0 saturated carbocycles.